The normalized spacial score (nSPS) is 10.2. The van der Waals surface area contributed by atoms with Crippen LogP contribution in [0.5, 0.6) is 11.5 Å². The average molecular weight is 282 g/mol. The monoisotopic (exact) mass is 282 g/mol. The Labute approximate surface area is 119 Å². The predicted octanol–water partition coefficient (Wildman–Crippen LogP) is 0.751. The molecular formula is C14H22N2O4. The van der Waals surface area contributed by atoms with Crippen molar-refractivity contribution in [1.82, 2.24) is 4.90 Å². The van der Waals surface area contributed by atoms with Crippen molar-refractivity contribution in [3.63, 3.8) is 0 Å². The molecule has 112 valence electrons. The van der Waals surface area contributed by atoms with Crippen LogP contribution in [0.2, 0.25) is 0 Å². The van der Waals surface area contributed by atoms with Crippen molar-refractivity contribution in [2.24, 2.45) is 5.73 Å². The quantitative estimate of drug-likeness (QED) is 0.761. The second kappa shape index (κ2) is 8.39. The SMILES string of the molecule is COCCN(CCN)C(=O)c1cccc(OC)c1OC. The van der Waals surface area contributed by atoms with Crippen LogP contribution in [0.15, 0.2) is 18.2 Å². The van der Waals surface area contributed by atoms with E-state index in [4.69, 9.17) is 19.9 Å². The Bertz CT molecular complexity index is 437. The Hall–Kier alpha value is -1.79. The standard InChI is InChI=1S/C14H22N2O4/c1-18-10-9-16(8-7-15)14(17)11-5-4-6-12(19-2)13(11)20-3/h4-6H,7-10,15H2,1-3H3. The lowest BCUT2D eigenvalue weighted by Gasteiger charge is -2.23. The van der Waals surface area contributed by atoms with Crippen LogP contribution in [0.25, 0.3) is 0 Å². The van der Waals surface area contributed by atoms with E-state index in [0.29, 0.717) is 43.3 Å². The first-order valence-corrected chi connectivity index (χ1v) is 6.38. The van der Waals surface area contributed by atoms with Gasteiger partial charge in [0, 0.05) is 26.7 Å². The number of ether oxygens (including phenoxy) is 3. The summed E-state index contributed by atoms with van der Waals surface area (Å²) in [7, 11) is 4.64. The molecule has 0 atom stereocenters. The summed E-state index contributed by atoms with van der Waals surface area (Å²) in [6.07, 6.45) is 0. The number of para-hydroxylation sites is 1. The molecule has 0 radical (unpaired) electrons. The van der Waals surface area contributed by atoms with Gasteiger partial charge < -0.3 is 24.8 Å². The Balaban J connectivity index is 3.04. The number of methoxy groups -OCH3 is 3. The van der Waals surface area contributed by atoms with E-state index in [-0.39, 0.29) is 5.91 Å². The third kappa shape index (κ3) is 3.85. The van der Waals surface area contributed by atoms with Crippen molar-refractivity contribution < 1.29 is 19.0 Å². The largest absolute Gasteiger partial charge is 0.493 e. The van der Waals surface area contributed by atoms with Gasteiger partial charge in [0.05, 0.1) is 26.4 Å². The van der Waals surface area contributed by atoms with E-state index in [1.165, 1.54) is 14.2 Å². The summed E-state index contributed by atoms with van der Waals surface area (Å²) in [6.45, 7) is 1.79. The van der Waals surface area contributed by atoms with Gasteiger partial charge >= 0.3 is 0 Å². The van der Waals surface area contributed by atoms with Gasteiger partial charge in [-0.25, -0.2) is 0 Å². The lowest BCUT2D eigenvalue weighted by atomic mass is 10.1. The molecule has 0 unspecified atom stereocenters. The number of benzene rings is 1. The molecule has 6 heteroatoms. The van der Waals surface area contributed by atoms with Gasteiger partial charge in [0.2, 0.25) is 0 Å². The fourth-order valence-electron chi connectivity index (χ4n) is 1.90. The molecule has 0 fully saturated rings. The molecule has 0 aliphatic carbocycles. The fraction of sp³-hybridized carbons (Fsp3) is 0.500. The minimum Gasteiger partial charge on any atom is -0.493 e. The molecule has 0 saturated heterocycles. The molecule has 1 rings (SSSR count). The van der Waals surface area contributed by atoms with E-state index >= 15 is 0 Å². The number of nitrogens with zero attached hydrogens (tertiary/aromatic N) is 1. The zero-order valence-electron chi connectivity index (χ0n) is 12.2. The first-order valence-electron chi connectivity index (χ1n) is 6.38. The van der Waals surface area contributed by atoms with Crippen LogP contribution >= 0.6 is 0 Å². The second-order valence-corrected chi connectivity index (χ2v) is 4.11. The summed E-state index contributed by atoms with van der Waals surface area (Å²) >= 11 is 0. The lowest BCUT2D eigenvalue weighted by molar-refractivity contribution is 0.0697. The highest BCUT2D eigenvalue weighted by atomic mass is 16.5. The van der Waals surface area contributed by atoms with Crippen molar-refractivity contribution in [3.8, 4) is 11.5 Å². The number of hydrogen-bond acceptors (Lipinski definition) is 5. The van der Waals surface area contributed by atoms with Crippen molar-refractivity contribution >= 4 is 5.91 Å². The third-order valence-electron chi connectivity index (χ3n) is 2.88. The van der Waals surface area contributed by atoms with Crippen LogP contribution in [0, 0.1) is 0 Å². The van der Waals surface area contributed by atoms with E-state index in [9.17, 15) is 4.79 Å². The first kappa shape index (κ1) is 16.3. The van der Waals surface area contributed by atoms with Crippen LogP contribution in [-0.2, 0) is 4.74 Å². The summed E-state index contributed by atoms with van der Waals surface area (Å²) in [4.78, 5) is 14.2. The maximum Gasteiger partial charge on any atom is 0.257 e. The lowest BCUT2D eigenvalue weighted by Crippen LogP contribution is -2.37. The van der Waals surface area contributed by atoms with Crippen LogP contribution in [-0.4, -0.2) is 58.4 Å². The molecule has 0 bridgehead atoms. The number of rotatable bonds is 8. The third-order valence-corrected chi connectivity index (χ3v) is 2.88. The van der Waals surface area contributed by atoms with Gasteiger partial charge in [0.1, 0.15) is 0 Å². The average Bonchev–Trinajstić information content (AvgIpc) is 2.49. The molecule has 0 heterocycles. The number of carbonyl (C=O) groups excluding carboxylic acids is 1. The highest BCUT2D eigenvalue weighted by Gasteiger charge is 2.21. The number of carbonyl (C=O) groups is 1. The fourth-order valence-corrected chi connectivity index (χ4v) is 1.90. The molecule has 1 aromatic rings. The second-order valence-electron chi connectivity index (χ2n) is 4.11. The van der Waals surface area contributed by atoms with Crippen LogP contribution in [0.1, 0.15) is 10.4 Å². The maximum atomic E-state index is 12.6. The van der Waals surface area contributed by atoms with E-state index in [2.05, 4.69) is 0 Å². The summed E-state index contributed by atoms with van der Waals surface area (Å²) in [5.41, 5.74) is 6.01. The molecule has 0 aliphatic heterocycles. The maximum absolute atomic E-state index is 12.6. The Morgan fingerprint density at radius 3 is 2.50 bits per heavy atom. The summed E-state index contributed by atoms with van der Waals surface area (Å²) in [5.74, 6) is 0.806. The van der Waals surface area contributed by atoms with Gasteiger partial charge in [0.15, 0.2) is 11.5 Å². The van der Waals surface area contributed by atoms with Crippen LogP contribution in [0.4, 0.5) is 0 Å². The van der Waals surface area contributed by atoms with Crippen molar-refractivity contribution in [2.75, 3.05) is 47.6 Å². The summed E-state index contributed by atoms with van der Waals surface area (Å²) in [6, 6.07) is 5.21. The molecule has 20 heavy (non-hydrogen) atoms. The van der Waals surface area contributed by atoms with Crippen LogP contribution in [0.3, 0.4) is 0 Å². The molecule has 0 aromatic heterocycles. The van der Waals surface area contributed by atoms with Crippen molar-refractivity contribution in [1.29, 1.82) is 0 Å². The molecular weight excluding hydrogens is 260 g/mol. The molecule has 0 saturated carbocycles. The Morgan fingerprint density at radius 2 is 1.95 bits per heavy atom. The van der Waals surface area contributed by atoms with E-state index in [0.717, 1.165) is 0 Å². The summed E-state index contributed by atoms with van der Waals surface area (Å²) in [5, 5.41) is 0. The molecule has 0 aliphatic rings. The predicted molar refractivity (Wildman–Crippen MR) is 76.4 cm³/mol. The Morgan fingerprint density at radius 1 is 1.20 bits per heavy atom. The zero-order chi connectivity index (χ0) is 15.0. The number of nitrogens with two attached hydrogens (primary N) is 1. The van der Waals surface area contributed by atoms with E-state index < -0.39 is 0 Å². The minimum atomic E-state index is -0.150. The minimum absolute atomic E-state index is 0.150. The molecule has 0 spiro atoms. The zero-order valence-corrected chi connectivity index (χ0v) is 12.2. The highest BCUT2D eigenvalue weighted by Crippen LogP contribution is 2.31. The first-order chi connectivity index (χ1) is 9.69. The van der Waals surface area contributed by atoms with E-state index in [1.807, 2.05) is 0 Å². The van der Waals surface area contributed by atoms with Gasteiger partial charge in [-0.05, 0) is 12.1 Å². The Kier molecular flexibility index (Phi) is 6.83. The smallest absolute Gasteiger partial charge is 0.257 e. The molecule has 1 amide bonds. The van der Waals surface area contributed by atoms with Gasteiger partial charge in [-0.3, -0.25) is 4.79 Å². The topological polar surface area (TPSA) is 74.0 Å². The van der Waals surface area contributed by atoms with Gasteiger partial charge in [-0.15, -0.1) is 0 Å². The summed E-state index contributed by atoms with van der Waals surface area (Å²) < 4.78 is 15.5. The van der Waals surface area contributed by atoms with Gasteiger partial charge in [-0.2, -0.15) is 0 Å². The number of hydrogen-bond donors (Lipinski definition) is 1. The highest BCUT2D eigenvalue weighted by molar-refractivity contribution is 5.97. The van der Waals surface area contributed by atoms with Crippen molar-refractivity contribution in [3.05, 3.63) is 23.8 Å². The van der Waals surface area contributed by atoms with Crippen molar-refractivity contribution in [2.45, 2.75) is 0 Å². The molecule has 2 N–H and O–H groups in total. The molecule has 1 aromatic carbocycles. The molecule has 6 nitrogen and oxygen atoms in total. The van der Waals surface area contributed by atoms with E-state index in [1.54, 1.807) is 30.2 Å². The van der Waals surface area contributed by atoms with Crippen LogP contribution < -0.4 is 15.2 Å². The number of amides is 1. The van der Waals surface area contributed by atoms with Gasteiger partial charge in [0.25, 0.3) is 5.91 Å². The van der Waals surface area contributed by atoms with Gasteiger partial charge in [-0.1, -0.05) is 6.07 Å².